The number of carbonyl (C=O) groups excluding carboxylic acids is 2. The van der Waals surface area contributed by atoms with Crippen molar-refractivity contribution in [1.82, 2.24) is 0 Å². The molecule has 6 nitrogen and oxygen atoms in total. The van der Waals surface area contributed by atoms with Crippen LogP contribution in [0, 0.1) is 13.8 Å². The number of hydrogen-bond donors (Lipinski definition) is 2. The van der Waals surface area contributed by atoms with Gasteiger partial charge in [0.25, 0.3) is 11.8 Å². The number of amides is 2. The zero-order valence-corrected chi connectivity index (χ0v) is 14.0. The lowest BCUT2D eigenvalue weighted by atomic mass is 10.1. The summed E-state index contributed by atoms with van der Waals surface area (Å²) in [5, 5.41) is 3.26. The van der Waals surface area contributed by atoms with Crippen LogP contribution in [0.25, 0.3) is 11.0 Å². The molecule has 0 aliphatic carbocycles. The average molecular weight is 338 g/mol. The number of para-hydroxylation sites is 1. The number of anilines is 1. The molecule has 6 heteroatoms. The summed E-state index contributed by atoms with van der Waals surface area (Å²) in [5.41, 5.74) is 8.17. The molecule has 0 atom stereocenters. The molecule has 0 aliphatic heterocycles. The predicted octanol–water partition coefficient (Wildman–Crippen LogP) is 3.17. The first kappa shape index (κ1) is 16.6. The summed E-state index contributed by atoms with van der Waals surface area (Å²) in [6.07, 6.45) is 0. The van der Waals surface area contributed by atoms with Gasteiger partial charge in [-0.3, -0.25) is 9.59 Å². The van der Waals surface area contributed by atoms with E-state index in [1.165, 1.54) is 0 Å². The quantitative estimate of drug-likeness (QED) is 0.747. The molecular weight excluding hydrogens is 320 g/mol. The molecule has 0 saturated carbocycles. The number of nitrogens with one attached hydrogen (secondary N) is 1. The number of nitrogens with two attached hydrogens (primary N) is 1. The highest BCUT2D eigenvalue weighted by atomic mass is 16.5. The molecule has 2 amide bonds. The fraction of sp³-hybridized carbons (Fsp3) is 0.158. The second-order valence-electron chi connectivity index (χ2n) is 5.83. The highest BCUT2D eigenvalue weighted by Crippen LogP contribution is 2.30. The van der Waals surface area contributed by atoms with E-state index in [1.807, 2.05) is 32.0 Å². The molecular formula is C19H18N2O4. The van der Waals surface area contributed by atoms with Crippen LogP contribution in [0.3, 0.4) is 0 Å². The van der Waals surface area contributed by atoms with Gasteiger partial charge in [0.15, 0.2) is 6.61 Å². The summed E-state index contributed by atoms with van der Waals surface area (Å²) in [5.74, 6) is -0.629. The Hall–Kier alpha value is -3.28. The largest absolute Gasteiger partial charge is 0.484 e. The number of ether oxygens (including phenoxy) is 1. The van der Waals surface area contributed by atoms with Crippen molar-refractivity contribution in [2.24, 2.45) is 5.73 Å². The topological polar surface area (TPSA) is 94.6 Å². The number of primary amides is 1. The Balaban J connectivity index is 1.78. The maximum atomic E-state index is 12.2. The fourth-order valence-electron chi connectivity index (χ4n) is 2.68. The van der Waals surface area contributed by atoms with Crippen molar-refractivity contribution < 1.29 is 18.7 Å². The molecule has 0 unspecified atom stereocenters. The number of hydrogen-bond acceptors (Lipinski definition) is 4. The van der Waals surface area contributed by atoms with Gasteiger partial charge in [-0.2, -0.15) is 0 Å². The lowest BCUT2D eigenvalue weighted by molar-refractivity contribution is -0.118. The van der Waals surface area contributed by atoms with E-state index >= 15 is 0 Å². The van der Waals surface area contributed by atoms with E-state index in [4.69, 9.17) is 14.9 Å². The summed E-state index contributed by atoms with van der Waals surface area (Å²) >= 11 is 0. The van der Waals surface area contributed by atoms with E-state index in [9.17, 15) is 9.59 Å². The second kappa shape index (κ2) is 6.68. The van der Waals surface area contributed by atoms with Gasteiger partial charge in [-0.1, -0.05) is 18.2 Å². The van der Waals surface area contributed by atoms with Crippen LogP contribution in [0.4, 0.5) is 5.69 Å². The number of benzene rings is 2. The number of furan rings is 1. The first-order chi connectivity index (χ1) is 11.9. The van der Waals surface area contributed by atoms with Gasteiger partial charge in [0.05, 0.1) is 0 Å². The predicted molar refractivity (Wildman–Crippen MR) is 94.8 cm³/mol. The van der Waals surface area contributed by atoms with Crippen LogP contribution < -0.4 is 15.8 Å². The summed E-state index contributed by atoms with van der Waals surface area (Å²) in [6, 6.07) is 12.7. The van der Waals surface area contributed by atoms with Crippen molar-refractivity contribution in [3.05, 3.63) is 59.4 Å². The van der Waals surface area contributed by atoms with Crippen LogP contribution in [0.5, 0.6) is 5.75 Å². The van der Waals surface area contributed by atoms with Gasteiger partial charge in [0.1, 0.15) is 17.0 Å². The standard InChI is InChI=1S/C19H18N2O4/c1-11-7-12(2)9-13(8-11)24-10-16(22)21-17-14-5-3-4-6-15(14)25-18(17)19(20)23/h3-9H,10H2,1-2H3,(H2,20,23)(H,21,22). The van der Waals surface area contributed by atoms with Gasteiger partial charge in [-0.05, 0) is 49.2 Å². The van der Waals surface area contributed by atoms with Crippen molar-refractivity contribution in [3.8, 4) is 5.75 Å². The average Bonchev–Trinajstić information content (AvgIpc) is 2.91. The lowest BCUT2D eigenvalue weighted by Crippen LogP contribution is -2.22. The summed E-state index contributed by atoms with van der Waals surface area (Å²) < 4.78 is 11.0. The highest BCUT2D eigenvalue weighted by Gasteiger charge is 2.20. The third-order valence-corrected chi connectivity index (χ3v) is 3.65. The second-order valence-corrected chi connectivity index (χ2v) is 5.83. The molecule has 3 rings (SSSR count). The molecule has 1 aromatic heterocycles. The minimum absolute atomic E-state index is 0.0825. The number of aryl methyl sites for hydroxylation is 2. The molecule has 3 aromatic rings. The van der Waals surface area contributed by atoms with Crippen molar-refractivity contribution in [3.63, 3.8) is 0 Å². The van der Waals surface area contributed by atoms with Crippen LogP contribution in [0.2, 0.25) is 0 Å². The molecule has 0 aliphatic rings. The van der Waals surface area contributed by atoms with Gasteiger partial charge in [0.2, 0.25) is 5.76 Å². The number of fused-ring (bicyclic) bond motifs is 1. The van der Waals surface area contributed by atoms with Crippen LogP contribution in [-0.2, 0) is 4.79 Å². The van der Waals surface area contributed by atoms with Crippen LogP contribution in [-0.4, -0.2) is 18.4 Å². The maximum absolute atomic E-state index is 12.2. The first-order valence-electron chi connectivity index (χ1n) is 7.76. The van der Waals surface area contributed by atoms with Crippen LogP contribution in [0.1, 0.15) is 21.7 Å². The molecule has 25 heavy (non-hydrogen) atoms. The van der Waals surface area contributed by atoms with Crippen molar-refractivity contribution in [1.29, 1.82) is 0 Å². The minimum atomic E-state index is -0.748. The number of rotatable bonds is 5. The fourth-order valence-corrected chi connectivity index (χ4v) is 2.68. The molecule has 0 fully saturated rings. The Bertz CT molecular complexity index is 939. The number of carbonyl (C=O) groups is 2. The zero-order valence-electron chi connectivity index (χ0n) is 14.0. The monoisotopic (exact) mass is 338 g/mol. The van der Waals surface area contributed by atoms with Crippen LogP contribution >= 0.6 is 0 Å². The van der Waals surface area contributed by atoms with Gasteiger partial charge in [-0.25, -0.2) is 0 Å². The summed E-state index contributed by atoms with van der Waals surface area (Å²) in [7, 11) is 0. The summed E-state index contributed by atoms with van der Waals surface area (Å²) in [4.78, 5) is 23.8. The van der Waals surface area contributed by atoms with E-state index in [2.05, 4.69) is 5.32 Å². The SMILES string of the molecule is Cc1cc(C)cc(OCC(=O)Nc2c(C(N)=O)oc3ccccc23)c1. The molecule has 0 bridgehead atoms. The van der Waals surface area contributed by atoms with Crippen molar-refractivity contribution in [2.45, 2.75) is 13.8 Å². The molecule has 0 saturated heterocycles. The van der Waals surface area contributed by atoms with Crippen molar-refractivity contribution >= 4 is 28.5 Å². The van der Waals surface area contributed by atoms with E-state index in [1.54, 1.807) is 24.3 Å². The smallest absolute Gasteiger partial charge is 0.286 e. The van der Waals surface area contributed by atoms with E-state index in [-0.39, 0.29) is 18.1 Å². The highest BCUT2D eigenvalue weighted by molar-refractivity contribution is 6.10. The lowest BCUT2D eigenvalue weighted by Gasteiger charge is -2.09. The molecule has 2 aromatic carbocycles. The van der Waals surface area contributed by atoms with E-state index < -0.39 is 11.8 Å². The summed E-state index contributed by atoms with van der Waals surface area (Å²) in [6.45, 7) is 3.72. The minimum Gasteiger partial charge on any atom is -0.484 e. The van der Waals surface area contributed by atoms with Crippen LogP contribution in [0.15, 0.2) is 46.9 Å². The Labute approximate surface area is 144 Å². The third kappa shape index (κ3) is 3.63. The zero-order chi connectivity index (χ0) is 18.0. The molecule has 3 N–H and O–H groups in total. The van der Waals surface area contributed by atoms with Gasteiger partial charge in [0, 0.05) is 5.39 Å². The van der Waals surface area contributed by atoms with Crippen molar-refractivity contribution in [2.75, 3.05) is 11.9 Å². The molecule has 0 spiro atoms. The van der Waals surface area contributed by atoms with E-state index in [0.717, 1.165) is 11.1 Å². The molecule has 1 heterocycles. The molecule has 128 valence electrons. The van der Waals surface area contributed by atoms with E-state index in [0.29, 0.717) is 16.7 Å². The Morgan fingerprint density at radius 2 is 1.80 bits per heavy atom. The third-order valence-electron chi connectivity index (χ3n) is 3.65. The van der Waals surface area contributed by atoms with Gasteiger partial charge < -0.3 is 20.2 Å². The maximum Gasteiger partial charge on any atom is 0.286 e. The normalized spacial score (nSPS) is 10.6. The molecule has 0 radical (unpaired) electrons. The van der Waals surface area contributed by atoms with Gasteiger partial charge >= 0.3 is 0 Å². The Morgan fingerprint density at radius 1 is 1.12 bits per heavy atom. The Morgan fingerprint density at radius 3 is 2.48 bits per heavy atom. The Kier molecular flexibility index (Phi) is 4.43. The van der Waals surface area contributed by atoms with Gasteiger partial charge in [-0.15, -0.1) is 0 Å². The first-order valence-corrected chi connectivity index (χ1v) is 7.76.